The highest BCUT2D eigenvalue weighted by atomic mass is 16.7. The van der Waals surface area contributed by atoms with E-state index in [4.69, 9.17) is 9.47 Å². The molecular weight excluding hydrogens is 304 g/mol. The zero-order valence-electron chi connectivity index (χ0n) is 14.0. The predicted octanol–water partition coefficient (Wildman–Crippen LogP) is 3.48. The Morgan fingerprint density at radius 1 is 1.08 bits per heavy atom. The first-order valence-electron chi connectivity index (χ1n) is 7.77. The van der Waals surface area contributed by atoms with Crippen molar-refractivity contribution >= 4 is 12.1 Å². The van der Waals surface area contributed by atoms with Crippen LogP contribution in [0.5, 0.6) is 11.5 Å². The molecule has 0 spiro atoms. The molecule has 3 rings (SSSR count). The van der Waals surface area contributed by atoms with E-state index in [1.165, 1.54) is 5.56 Å². The minimum Gasteiger partial charge on any atom is -0.454 e. The summed E-state index contributed by atoms with van der Waals surface area (Å²) in [6, 6.07) is 13.0. The molecule has 0 aliphatic carbocycles. The van der Waals surface area contributed by atoms with Crippen LogP contribution < -0.4 is 14.9 Å². The second-order valence-electron chi connectivity index (χ2n) is 6.64. The molecule has 0 saturated carbocycles. The Bertz CT molecular complexity index is 774. The number of hydrogen-bond donors (Lipinski definition) is 1. The van der Waals surface area contributed by atoms with Gasteiger partial charge in [-0.2, -0.15) is 5.10 Å². The van der Waals surface area contributed by atoms with Crippen LogP contribution in [0.2, 0.25) is 0 Å². The SMILES string of the molecule is CC(C)(C)c1ccc(C(=O)NN=Cc2ccc3c(c2)OCO3)cc1. The zero-order valence-corrected chi connectivity index (χ0v) is 14.0. The van der Waals surface area contributed by atoms with Crippen molar-refractivity contribution in [3.8, 4) is 11.5 Å². The first-order chi connectivity index (χ1) is 11.4. The van der Waals surface area contributed by atoms with Crippen molar-refractivity contribution in [1.29, 1.82) is 0 Å². The Labute approximate surface area is 141 Å². The molecular formula is C19H20N2O3. The standard InChI is InChI=1S/C19H20N2O3/c1-19(2,3)15-7-5-14(6-8-15)18(22)21-20-11-13-4-9-16-17(10-13)24-12-23-16/h4-11H,12H2,1-3H3,(H,21,22). The maximum Gasteiger partial charge on any atom is 0.271 e. The fourth-order valence-corrected chi connectivity index (χ4v) is 2.35. The maximum absolute atomic E-state index is 12.1. The number of fused-ring (bicyclic) bond motifs is 1. The molecule has 2 aromatic rings. The number of hydrazone groups is 1. The average Bonchev–Trinajstić information content (AvgIpc) is 3.02. The fraction of sp³-hybridized carbons (Fsp3) is 0.263. The van der Waals surface area contributed by atoms with Crippen molar-refractivity contribution in [3.05, 3.63) is 59.2 Å². The third-order valence-electron chi connectivity index (χ3n) is 3.79. The lowest BCUT2D eigenvalue weighted by Crippen LogP contribution is -2.18. The molecule has 2 aromatic carbocycles. The summed E-state index contributed by atoms with van der Waals surface area (Å²) >= 11 is 0. The molecule has 5 nitrogen and oxygen atoms in total. The van der Waals surface area contributed by atoms with Gasteiger partial charge in [-0.1, -0.05) is 32.9 Å². The van der Waals surface area contributed by atoms with Gasteiger partial charge in [0.25, 0.3) is 5.91 Å². The van der Waals surface area contributed by atoms with Crippen LogP contribution in [0, 0.1) is 0 Å². The monoisotopic (exact) mass is 324 g/mol. The largest absolute Gasteiger partial charge is 0.454 e. The first kappa shape index (κ1) is 16.1. The van der Waals surface area contributed by atoms with Crippen LogP contribution in [-0.4, -0.2) is 18.9 Å². The summed E-state index contributed by atoms with van der Waals surface area (Å²) in [4.78, 5) is 12.1. The summed E-state index contributed by atoms with van der Waals surface area (Å²) in [6.07, 6.45) is 1.57. The number of nitrogens with zero attached hydrogens (tertiary/aromatic N) is 1. The molecule has 1 heterocycles. The highest BCUT2D eigenvalue weighted by Crippen LogP contribution is 2.31. The van der Waals surface area contributed by atoms with E-state index in [0.717, 1.165) is 11.3 Å². The van der Waals surface area contributed by atoms with Crippen molar-refractivity contribution in [2.24, 2.45) is 5.10 Å². The van der Waals surface area contributed by atoms with Crippen molar-refractivity contribution in [2.75, 3.05) is 6.79 Å². The lowest BCUT2D eigenvalue weighted by atomic mass is 9.87. The van der Waals surface area contributed by atoms with E-state index in [1.54, 1.807) is 6.21 Å². The lowest BCUT2D eigenvalue weighted by Gasteiger charge is -2.18. The summed E-state index contributed by atoms with van der Waals surface area (Å²) in [5, 5.41) is 3.99. The Kier molecular flexibility index (Phi) is 4.25. The van der Waals surface area contributed by atoms with E-state index in [0.29, 0.717) is 11.3 Å². The van der Waals surface area contributed by atoms with Gasteiger partial charge in [0, 0.05) is 5.56 Å². The molecule has 124 valence electrons. The van der Waals surface area contributed by atoms with Crippen LogP contribution >= 0.6 is 0 Å². The van der Waals surface area contributed by atoms with Crippen molar-refractivity contribution < 1.29 is 14.3 Å². The molecule has 0 unspecified atom stereocenters. The quantitative estimate of drug-likeness (QED) is 0.694. The van der Waals surface area contributed by atoms with Crippen LogP contribution in [0.3, 0.4) is 0 Å². The zero-order chi connectivity index (χ0) is 17.2. The Morgan fingerprint density at radius 2 is 1.79 bits per heavy atom. The highest BCUT2D eigenvalue weighted by Gasteiger charge is 2.14. The number of rotatable bonds is 3. The number of amides is 1. The first-order valence-corrected chi connectivity index (χ1v) is 7.77. The van der Waals surface area contributed by atoms with Gasteiger partial charge in [0.05, 0.1) is 6.21 Å². The van der Waals surface area contributed by atoms with E-state index < -0.39 is 0 Å². The smallest absolute Gasteiger partial charge is 0.271 e. The molecule has 1 aliphatic heterocycles. The minimum absolute atomic E-state index is 0.0620. The van der Waals surface area contributed by atoms with Gasteiger partial charge in [0.2, 0.25) is 6.79 Å². The third kappa shape index (κ3) is 3.56. The molecule has 1 aliphatic rings. The second kappa shape index (κ2) is 6.35. The molecule has 1 amide bonds. The lowest BCUT2D eigenvalue weighted by molar-refractivity contribution is 0.0955. The number of nitrogens with one attached hydrogen (secondary N) is 1. The summed E-state index contributed by atoms with van der Waals surface area (Å²) < 4.78 is 10.6. The van der Waals surface area contributed by atoms with E-state index in [-0.39, 0.29) is 18.1 Å². The van der Waals surface area contributed by atoms with Gasteiger partial charge in [0.1, 0.15) is 0 Å². The summed E-state index contributed by atoms with van der Waals surface area (Å²) in [5.74, 6) is 1.16. The molecule has 0 radical (unpaired) electrons. The van der Waals surface area contributed by atoms with E-state index in [2.05, 4.69) is 31.3 Å². The Morgan fingerprint density at radius 3 is 2.50 bits per heavy atom. The van der Waals surface area contributed by atoms with Crippen LogP contribution in [0.4, 0.5) is 0 Å². The van der Waals surface area contributed by atoms with Crippen LogP contribution in [-0.2, 0) is 5.41 Å². The molecule has 1 N–H and O–H groups in total. The van der Waals surface area contributed by atoms with Gasteiger partial charge in [0.15, 0.2) is 11.5 Å². The van der Waals surface area contributed by atoms with Gasteiger partial charge in [-0.05, 0) is 46.9 Å². The van der Waals surface area contributed by atoms with Gasteiger partial charge in [-0.3, -0.25) is 4.79 Å². The number of carbonyl (C=O) groups excluding carboxylic acids is 1. The normalized spacial score (nSPS) is 13.3. The molecule has 0 bridgehead atoms. The summed E-state index contributed by atoms with van der Waals surface area (Å²) in [6.45, 7) is 6.64. The molecule has 24 heavy (non-hydrogen) atoms. The topological polar surface area (TPSA) is 59.9 Å². The highest BCUT2D eigenvalue weighted by molar-refractivity contribution is 5.95. The molecule has 0 atom stereocenters. The van der Waals surface area contributed by atoms with Crippen LogP contribution in [0.1, 0.15) is 42.3 Å². The maximum atomic E-state index is 12.1. The average molecular weight is 324 g/mol. The van der Waals surface area contributed by atoms with Crippen molar-refractivity contribution in [1.82, 2.24) is 5.43 Å². The minimum atomic E-state index is -0.243. The molecule has 5 heteroatoms. The van der Waals surface area contributed by atoms with E-state index in [9.17, 15) is 4.79 Å². The molecule has 0 fully saturated rings. The van der Waals surface area contributed by atoms with Gasteiger partial charge < -0.3 is 9.47 Å². The van der Waals surface area contributed by atoms with Crippen LogP contribution in [0.25, 0.3) is 0 Å². The van der Waals surface area contributed by atoms with E-state index in [1.807, 2.05) is 42.5 Å². The van der Waals surface area contributed by atoms with Gasteiger partial charge >= 0.3 is 0 Å². The summed E-state index contributed by atoms with van der Waals surface area (Å²) in [7, 11) is 0. The van der Waals surface area contributed by atoms with E-state index >= 15 is 0 Å². The third-order valence-corrected chi connectivity index (χ3v) is 3.79. The number of ether oxygens (including phenoxy) is 2. The number of benzene rings is 2. The number of hydrogen-bond acceptors (Lipinski definition) is 4. The van der Waals surface area contributed by atoms with Crippen molar-refractivity contribution in [2.45, 2.75) is 26.2 Å². The molecule has 0 aromatic heterocycles. The molecule has 0 saturated heterocycles. The Balaban J connectivity index is 1.63. The van der Waals surface area contributed by atoms with Crippen molar-refractivity contribution in [3.63, 3.8) is 0 Å². The van der Waals surface area contributed by atoms with Gasteiger partial charge in [-0.15, -0.1) is 0 Å². The second-order valence-corrected chi connectivity index (χ2v) is 6.64. The number of carbonyl (C=O) groups is 1. The predicted molar refractivity (Wildman–Crippen MR) is 92.8 cm³/mol. The summed E-state index contributed by atoms with van der Waals surface area (Å²) in [5.41, 5.74) is 5.17. The fourth-order valence-electron chi connectivity index (χ4n) is 2.35. The van der Waals surface area contributed by atoms with Gasteiger partial charge in [-0.25, -0.2) is 5.43 Å². The van der Waals surface area contributed by atoms with Crippen LogP contribution in [0.15, 0.2) is 47.6 Å². The Hall–Kier alpha value is -2.82.